The zero-order chi connectivity index (χ0) is 13.9. The van der Waals surface area contributed by atoms with Crippen LogP contribution in [0.2, 0.25) is 0 Å². The van der Waals surface area contributed by atoms with Gasteiger partial charge < -0.3 is 15.0 Å². The molecular weight excluding hydrogens is 252 g/mol. The second-order valence-corrected chi connectivity index (χ2v) is 5.62. The fraction of sp³-hybridized carbons (Fsp3) is 0.562. The fourth-order valence-electron chi connectivity index (χ4n) is 3.23. The Balaban J connectivity index is 1.98. The molecule has 1 fully saturated rings. The molecule has 20 heavy (non-hydrogen) atoms. The van der Waals surface area contributed by atoms with Gasteiger partial charge in [-0.1, -0.05) is 31.4 Å². The Morgan fingerprint density at radius 1 is 1.20 bits per heavy atom. The molecule has 1 N–H and O–H groups in total. The van der Waals surface area contributed by atoms with Crippen molar-refractivity contribution in [2.24, 2.45) is 0 Å². The van der Waals surface area contributed by atoms with Crippen molar-refractivity contribution in [3.63, 3.8) is 0 Å². The van der Waals surface area contributed by atoms with E-state index in [1.807, 2.05) is 36.2 Å². The summed E-state index contributed by atoms with van der Waals surface area (Å²) in [6.45, 7) is 0.398. The molecule has 108 valence electrons. The van der Waals surface area contributed by atoms with Crippen LogP contribution in [-0.2, 0) is 4.79 Å². The lowest BCUT2D eigenvalue weighted by Gasteiger charge is -2.35. The van der Waals surface area contributed by atoms with Gasteiger partial charge in [0, 0.05) is 6.04 Å². The first-order valence-corrected chi connectivity index (χ1v) is 7.53. The van der Waals surface area contributed by atoms with Gasteiger partial charge in [-0.25, -0.2) is 0 Å². The number of hydrogen-bond donors (Lipinski definition) is 1. The number of nitrogens with one attached hydrogen (secondary N) is 1. The number of para-hydroxylation sites is 2. The topological polar surface area (TPSA) is 41.6 Å². The summed E-state index contributed by atoms with van der Waals surface area (Å²) >= 11 is 0. The molecule has 0 radical (unpaired) electrons. The molecule has 1 unspecified atom stereocenters. The summed E-state index contributed by atoms with van der Waals surface area (Å²) in [6, 6.07) is 7.95. The summed E-state index contributed by atoms with van der Waals surface area (Å²) in [5.74, 6) is 0.966. The van der Waals surface area contributed by atoms with E-state index in [1.54, 1.807) is 0 Å². The molecule has 1 aromatic carbocycles. The van der Waals surface area contributed by atoms with Crippen LogP contribution in [0.25, 0.3) is 0 Å². The van der Waals surface area contributed by atoms with Crippen molar-refractivity contribution >= 4 is 11.6 Å². The van der Waals surface area contributed by atoms with Crippen LogP contribution in [0.1, 0.15) is 32.1 Å². The van der Waals surface area contributed by atoms with E-state index in [1.165, 1.54) is 19.3 Å². The predicted octanol–water partition coefficient (Wildman–Crippen LogP) is 2.33. The van der Waals surface area contributed by atoms with E-state index < -0.39 is 0 Å². The van der Waals surface area contributed by atoms with Gasteiger partial charge in [0.2, 0.25) is 5.91 Å². The third-order valence-corrected chi connectivity index (χ3v) is 4.35. The SMILES string of the molecule is CNC1COc2ccccc2N(C2CCCCC2)C1=O. The maximum absolute atomic E-state index is 12.8. The molecule has 2 aliphatic rings. The Morgan fingerprint density at radius 3 is 2.70 bits per heavy atom. The van der Waals surface area contributed by atoms with Crippen molar-refractivity contribution in [1.29, 1.82) is 0 Å². The van der Waals surface area contributed by atoms with Crippen LogP contribution in [0.3, 0.4) is 0 Å². The van der Waals surface area contributed by atoms with Gasteiger partial charge in [-0.3, -0.25) is 4.79 Å². The van der Waals surface area contributed by atoms with E-state index in [0.29, 0.717) is 12.6 Å². The number of carbonyl (C=O) groups excluding carboxylic acids is 1. The van der Waals surface area contributed by atoms with E-state index in [2.05, 4.69) is 5.32 Å². The third-order valence-electron chi connectivity index (χ3n) is 4.35. The lowest BCUT2D eigenvalue weighted by molar-refractivity contribution is -0.121. The summed E-state index contributed by atoms with van der Waals surface area (Å²) in [5.41, 5.74) is 0.933. The Labute approximate surface area is 120 Å². The number of carbonyl (C=O) groups is 1. The van der Waals surface area contributed by atoms with E-state index in [0.717, 1.165) is 24.3 Å². The third kappa shape index (κ3) is 2.40. The minimum Gasteiger partial charge on any atom is -0.489 e. The lowest BCUT2D eigenvalue weighted by atomic mass is 9.93. The van der Waals surface area contributed by atoms with Crippen LogP contribution in [0.15, 0.2) is 24.3 Å². The second kappa shape index (κ2) is 5.83. The first-order valence-electron chi connectivity index (χ1n) is 7.53. The summed E-state index contributed by atoms with van der Waals surface area (Å²) < 4.78 is 5.82. The van der Waals surface area contributed by atoms with Crippen molar-refractivity contribution in [1.82, 2.24) is 5.32 Å². The van der Waals surface area contributed by atoms with Gasteiger partial charge in [-0.2, -0.15) is 0 Å². The molecule has 4 heteroatoms. The van der Waals surface area contributed by atoms with Gasteiger partial charge in [0.25, 0.3) is 0 Å². The zero-order valence-corrected chi connectivity index (χ0v) is 12.0. The van der Waals surface area contributed by atoms with Gasteiger partial charge in [0.05, 0.1) is 5.69 Å². The molecule has 1 atom stereocenters. The zero-order valence-electron chi connectivity index (χ0n) is 12.0. The van der Waals surface area contributed by atoms with Crippen molar-refractivity contribution in [3.05, 3.63) is 24.3 Å². The smallest absolute Gasteiger partial charge is 0.248 e. The molecular formula is C16H22N2O2. The molecule has 3 rings (SSSR count). The number of amides is 1. The molecule has 0 aromatic heterocycles. The molecule has 0 spiro atoms. The van der Waals surface area contributed by atoms with Gasteiger partial charge >= 0.3 is 0 Å². The number of rotatable bonds is 2. The van der Waals surface area contributed by atoms with Crippen LogP contribution in [-0.4, -0.2) is 31.6 Å². The lowest BCUT2D eigenvalue weighted by Crippen LogP contribution is -2.51. The van der Waals surface area contributed by atoms with Crippen LogP contribution in [0.4, 0.5) is 5.69 Å². The normalized spacial score (nSPS) is 23.9. The minimum absolute atomic E-state index is 0.143. The van der Waals surface area contributed by atoms with Gasteiger partial charge in [-0.15, -0.1) is 0 Å². The number of ether oxygens (including phenoxy) is 1. The molecule has 4 nitrogen and oxygen atoms in total. The summed E-state index contributed by atoms with van der Waals surface area (Å²) in [7, 11) is 1.82. The molecule has 1 saturated carbocycles. The quantitative estimate of drug-likeness (QED) is 0.900. The maximum atomic E-state index is 12.8. The number of anilines is 1. The molecule has 1 aromatic rings. The molecule has 0 saturated heterocycles. The summed E-state index contributed by atoms with van der Waals surface area (Å²) in [6.07, 6.45) is 5.89. The van der Waals surface area contributed by atoms with Crippen LogP contribution in [0.5, 0.6) is 5.75 Å². The molecule has 1 aliphatic heterocycles. The molecule has 1 aliphatic carbocycles. The first kappa shape index (κ1) is 13.4. The number of hydrogen-bond acceptors (Lipinski definition) is 3. The minimum atomic E-state index is -0.260. The van der Waals surface area contributed by atoms with Crippen LogP contribution < -0.4 is 15.0 Å². The van der Waals surface area contributed by atoms with E-state index in [4.69, 9.17) is 4.74 Å². The predicted molar refractivity (Wildman–Crippen MR) is 79.1 cm³/mol. The number of fused-ring (bicyclic) bond motifs is 1. The monoisotopic (exact) mass is 274 g/mol. The molecule has 0 bridgehead atoms. The Morgan fingerprint density at radius 2 is 1.95 bits per heavy atom. The van der Waals surface area contributed by atoms with Gasteiger partial charge in [0.15, 0.2) is 0 Å². The van der Waals surface area contributed by atoms with Gasteiger partial charge in [-0.05, 0) is 32.0 Å². The standard InChI is InChI=1S/C16H22N2O2/c1-17-13-11-20-15-10-6-5-9-14(15)18(16(13)19)12-7-3-2-4-8-12/h5-6,9-10,12-13,17H,2-4,7-8,11H2,1H3. The van der Waals surface area contributed by atoms with E-state index >= 15 is 0 Å². The second-order valence-electron chi connectivity index (χ2n) is 5.62. The highest BCUT2D eigenvalue weighted by molar-refractivity contribution is 5.99. The highest BCUT2D eigenvalue weighted by atomic mass is 16.5. The summed E-state index contributed by atoms with van der Waals surface area (Å²) in [4.78, 5) is 14.8. The maximum Gasteiger partial charge on any atom is 0.248 e. The highest BCUT2D eigenvalue weighted by Gasteiger charge is 2.35. The van der Waals surface area contributed by atoms with E-state index in [9.17, 15) is 4.79 Å². The van der Waals surface area contributed by atoms with Crippen LogP contribution in [0, 0.1) is 0 Å². The van der Waals surface area contributed by atoms with Crippen molar-refractivity contribution in [2.75, 3.05) is 18.6 Å². The average Bonchev–Trinajstić information content (AvgIpc) is 2.64. The molecule has 1 amide bonds. The fourth-order valence-corrected chi connectivity index (χ4v) is 3.23. The van der Waals surface area contributed by atoms with Crippen LogP contribution >= 0.6 is 0 Å². The summed E-state index contributed by atoms with van der Waals surface area (Å²) in [5, 5.41) is 3.08. The largest absolute Gasteiger partial charge is 0.489 e. The Bertz CT molecular complexity index is 483. The number of nitrogens with zero attached hydrogens (tertiary/aromatic N) is 1. The van der Waals surface area contributed by atoms with Gasteiger partial charge in [0.1, 0.15) is 18.4 Å². The number of likely N-dealkylation sites (N-methyl/N-ethyl adjacent to an activating group) is 1. The Kier molecular flexibility index (Phi) is 3.92. The first-order chi connectivity index (χ1) is 9.81. The van der Waals surface area contributed by atoms with Crippen molar-refractivity contribution < 1.29 is 9.53 Å². The number of benzene rings is 1. The molecule has 1 heterocycles. The van der Waals surface area contributed by atoms with Crippen molar-refractivity contribution in [3.8, 4) is 5.75 Å². The Hall–Kier alpha value is -1.55. The van der Waals surface area contributed by atoms with E-state index in [-0.39, 0.29) is 11.9 Å². The van der Waals surface area contributed by atoms with Crippen molar-refractivity contribution in [2.45, 2.75) is 44.2 Å². The highest BCUT2D eigenvalue weighted by Crippen LogP contribution is 2.36. The average molecular weight is 274 g/mol.